The lowest BCUT2D eigenvalue weighted by Crippen LogP contribution is -2.45. The van der Waals surface area contributed by atoms with Crippen molar-refractivity contribution in [1.82, 2.24) is 0 Å². The third kappa shape index (κ3) is 3.28. The van der Waals surface area contributed by atoms with Crippen LogP contribution < -0.4 is 0 Å². The molecule has 2 rings (SSSR count). The van der Waals surface area contributed by atoms with Crippen molar-refractivity contribution in [2.24, 2.45) is 0 Å². The summed E-state index contributed by atoms with van der Waals surface area (Å²) in [6.45, 7) is -0.907. The van der Waals surface area contributed by atoms with Crippen LogP contribution in [0.2, 0.25) is 0 Å². The van der Waals surface area contributed by atoms with Gasteiger partial charge in [-0.1, -0.05) is 30.3 Å². The molecule has 6 heteroatoms. The van der Waals surface area contributed by atoms with E-state index in [2.05, 4.69) is 0 Å². The number of aliphatic hydroxyl groups excluding tert-OH is 1. The van der Waals surface area contributed by atoms with Gasteiger partial charge in [-0.3, -0.25) is 0 Å². The molecule has 1 aromatic carbocycles. The van der Waals surface area contributed by atoms with E-state index in [-0.39, 0.29) is 12.4 Å². The number of ether oxygens (including phenoxy) is 1. The van der Waals surface area contributed by atoms with Crippen LogP contribution in [0.4, 0.5) is 13.2 Å². The Bertz CT molecular complexity index is 537. The largest absolute Gasteiger partial charge is 0.466 e. The number of furan rings is 1. The molecule has 0 aliphatic rings. The summed E-state index contributed by atoms with van der Waals surface area (Å²) < 4.78 is 50.7. The quantitative estimate of drug-likeness (QED) is 0.885. The van der Waals surface area contributed by atoms with Gasteiger partial charge >= 0.3 is 6.18 Å². The van der Waals surface area contributed by atoms with Gasteiger partial charge in [0.15, 0.2) is 0 Å². The normalized spacial score (nSPS) is 14.9. The van der Waals surface area contributed by atoms with Crippen molar-refractivity contribution < 1.29 is 27.4 Å². The molecule has 2 aromatic rings. The fourth-order valence-electron chi connectivity index (χ4n) is 2.08. The van der Waals surface area contributed by atoms with E-state index in [1.54, 1.807) is 30.3 Å². The molecule has 1 unspecified atom stereocenters. The van der Waals surface area contributed by atoms with Crippen molar-refractivity contribution in [1.29, 1.82) is 0 Å². The van der Waals surface area contributed by atoms with Crippen molar-refractivity contribution in [3.63, 3.8) is 0 Å². The van der Waals surface area contributed by atoms with E-state index in [0.29, 0.717) is 5.56 Å². The zero-order valence-corrected chi connectivity index (χ0v) is 11.1. The maximum Gasteiger partial charge on any atom is 0.424 e. The average molecular weight is 300 g/mol. The summed E-state index contributed by atoms with van der Waals surface area (Å²) in [6.07, 6.45) is -4.18. The number of rotatable bonds is 6. The molecule has 0 bridgehead atoms. The monoisotopic (exact) mass is 300 g/mol. The molecule has 1 N–H and O–H groups in total. The van der Waals surface area contributed by atoms with Gasteiger partial charge in [-0.2, -0.15) is 13.2 Å². The van der Waals surface area contributed by atoms with Crippen LogP contribution >= 0.6 is 0 Å². The third-order valence-corrected chi connectivity index (χ3v) is 3.17. The van der Waals surface area contributed by atoms with E-state index < -0.39 is 24.8 Å². The molecule has 21 heavy (non-hydrogen) atoms. The summed E-state index contributed by atoms with van der Waals surface area (Å²) in [6, 6.07) is 11.1. The Morgan fingerprint density at radius 2 is 1.76 bits per heavy atom. The van der Waals surface area contributed by atoms with Gasteiger partial charge in [0.05, 0.1) is 12.9 Å². The highest BCUT2D eigenvalue weighted by Gasteiger charge is 2.59. The fourth-order valence-corrected chi connectivity index (χ4v) is 2.08. The molecule has 0 amide bonds. The maximum atomic E-state index is 13.5. The molecule has 0 saturated carbocycles. The smallest absolute Gasteiger partial charge is 0.424 e. The van der Waals surface area contributed by atoms with E-state index in [4.69, 9.17) is 14.3 Å². The Labute approximate surface area is 120 Å². The van der Waals surface area contributed by atoms with Gasteiger partial charge in [0.1, 0.15) is 5.76 Å². The average Bonchev–Trinajstić information content (AvgIpc) is 2.97. The first-order valence-corrected chi connectivity index (χ1v) is 6.39. The van der Waals surface area contributed by atoms with Gasteiger partial charge in [-0.15, -0.1) is 0 Å². The summed E-state index contributed by atoms with van der Waals surface area (Å²) in [5, 5.41) is 9.04. The molecular formula is C15H15F3O3. The van der Waals surface area contributed by atoms with E-state index in [1.807, 2.05) is 0 Å². The molecule has 1 aromatic heterocycles. The zero-order chi connectivity index (χ0) is 15.3. The Morgan fingerprint density at radius 1 is 1.05 bits per heavy atom. The van der Waals surface area contributed by atoms with Crippen LogP contribution in [0.5, 0.6) is 0 Å². The zero-order valence-electron chi connectivity index (χ0n) is 11.1. The van der Waals surface area contributed by atoms with Crippen molar-refractivity contribution >= 4 is 0 Å². The lowest BCUT2D eigenvalue weighted by atomic mass is 9.95. The maximum absolute atomic E-state index is 13.5. The third-order valence-electron chi connectivity index (χ3n) is 3.17. The highest BCUT2D eigenvalue weighted by Crippen LogP contribution is 2.45. The van der Waals surface area contributed by atoms with Crippen LogP contribution in [0, 0.1) is 0 Å². The van der Waals surface area contributed by atoms with E-state index in [9.17, 15) is 13.2 Å². The Kier molecular flexibility index (Phi) is 4.69. The molecule has 0 spiro atoms. The standard InChI is InChI=1S/C15H15F3O3/c16-15(17,18)14(8-9-19,13-7-4-10-20-13)21-11-12-5-2-1-3-6-12/h1-7,10,19H,8-9,11H2. The Balaban J connectivity index is 2.31. The topological polar surface area (TPSA) is 42.6 Å². The summed E-state index contributed by atoms with van der Waals surface area (Å²) in [7, 11) is 0. The fraction of sp³-hybridized carbons (Fsp3) is 0.333. The molecule has 0 radical (unpaired) electrons. The number of halogens is 3. The van der Waals surface area contributed by atoms with Crippen molar-refractivity contribution in [2.75, 3.05) is 6.61 Å². The minimum Gasteiger partial charge on any atom is -0.466 e. The first-order valence-electron chi connectivity index (χ1n) is 6.39. The van der Waals surface area contributed by atoms with Crippen molar-refractivity contribution in [2.45, 2.75) is 24.8 Å². The first kappa shape index (κ1) is 15.6. The van der Waals surface area contributed by atoms with E-state index >= 15 is 0 Å². The van der Waals surface area contributed by atoms with E-state index in [0.717, 1.165) is 6.26 Å². The Morgan fingerprint density at radius 3 is 2.29 bits per heavy atom. The number of hydrogen-bond acceptors (Lipinski definition) is 3. The molecule has 0 aliphatic carbocycles. The first-order chi connectivity index (χ1) is 9.99. The number of benzene rings is 1. The lowest BCUT2D eigenvalue weighted by Gasteiger charge is -2.33. The molecular weight excluding hydrogens is 285 g/mol. The predicted molar refractivity (Wildman–Crippen MR) is 69.4 cm³/mol. The second kappa shape index (κ2) is 6.32. The SMILES string of the molecule is OCCC(OCc1ccccc1)(c1ccco1)C(F)(F)F. The van der Waals surface area contributed by atoms with Crippen LogP contribution in [0.25, 0.3) is 0 Å². The molecule has 0 aliphatic heterocycles. The van der Waals surface area contributed by atoms with Gasteiger partial charge in [0, 0.05) is 13.0 Å². The number of aliphatic hydroxyl groups is 1. The lowest BCUT2D eigenvalue weighted by molar-refractivity contribution is -0.299. The second-order valence-corrected chi connectivity index (χ2v) is 4.55. The minimum absolute atomic E-state index is 0.235. The van der Waals surface area contributed by atoms with Gasteiger partial charge in [0.25, 0.3) is 0 Å². The molecule has 114 valence electrons. The molecule has 3 nitrogen and oxygen atoms in total. The highest BCUT2D eigenvalue weighted by atomic mass is 19.4. The summed E-state index contributed by atoms with van der Waals surface area (Å²) in [5.74, 6) is -0.361. The van der Waals surface area contributed by atoms with Crippen LogP contribution in [-0.4, -0.2) is 17.9 Å². The van der Waals surface area contributed by atoms with Gasteiger partial charge in [-0.25, -0.2) is 0 Å². The highest BCUT2D eigenvalue weighted by molar-refractivity contribution is 5.16. The van der Waals surface area contributed by atoms with Gasteiger partial charge in [-0.05, 0) is 17.7 Å². The van der Waals surface area contributed by atoms with E-state index in [1.165, 1.54) is 12.1 Å². The van der Waals surface area contributed by atoms with Gasteiger partial charge in [0.2, 0.25) is 5.60 Å². The van der Waals surface area contributed by atoms with Crippen molar-refractivity contribution in [3.05, 3.63) is 60.1 Å². The predicted octanol–water partition coefficient (Wildman–Crippen LogP) is 3.64. The Hall–Kier alpha value is -1.79. The second-order valence-electron chi connectivity index (χ2n) is 4.55. The summed E-state index contributed by atoms with van der Waals surface area (Å²) in [5.41, 5.74) is -2.04. The van der Waals surface area contributed by atoms with Crippen LogP contribution in [0.3, 0.4) is 0 Å². The summed E-state index contributed by atoms with van der Waals surface area (Å²) >= 11 is 0. The minimum atomic E-state index is -4.71. The molecule has 1 atom stereocenters. The molecule has 0 saturated heterocycles. The number of hydrogen-bond donors (Lipinski definition) is 1. The molecule has 1 heterocycles. The summed E-state index contributed by atoms with van der Waals surface area (Å²) in [4.78, 5) is 0. The van der Waals surface area contributed by atoms with Crippen LogP contribution in [0.1, 0.15) is 17.7 Å². The molecule has 0 fully saturated rings. The van der Waals surface area contributed by atoms with Crippen LogP contribution in [-0.2, 0) is 16.9 Å². The number of alkyl halides is 3. The van der Waals surface area contributed by atoms with Crippen LogP contribution in [0.15, 0.2) is 53.1 Å². The van der Waals surface area contributed by atoms with Crippen molar-refractivity contribution in [3.8, 4) is 0 Å². The van der Waals surface area contributed by atoms with Gasteiger partial charge < -0.3 is 14.3 Å².